The Morgan fingerprint density at radius 3 is 2.42 bits per heavy atom. The summed E-state index contributed by atoms with van der Waals surface area (Å²) in [6.45, 7) is 11.2. The quantitative estimate of drug-likeness (QED) is 0.608. The van der Waals surface area contributed by atoms with E-state index in [-0.39, 0.29) is 5.41 Å². The molecule has 12 heavy (non-hydrogen) atoms. The minimum Gasteiger partial charge on any atom is -0.330 e. The first-order valence-corrected chi connectivity index (χ1v) is 4.88. The van der Waals surface area contributed by atoms with Crippen molar-refractivity contribution in [1.29, 1.82) is 0 Å². The lowest BCUT2D eigenvalue weighted by molar-refractivity contribution is 0.370. The monoisotopic (exact) mass is 169 g/mol. The second-order valence-corrected chi connectivity index (χ2v) is 4.35. The number of hydrogen-bond acceptors (Lipinski definition) is 1. The first kappa shape index (κ1) is 11.7. The summed E-state index contributed by atoms with van der Waals surface area (Å²) in [4.78, 5) is 0. The lowest BCUT2D eigenvalue weighted by Gasteiger charge is -2.23. The molecule has 0 saturated carbocycles. The van der Waals surface area contributed by atoms with Crippen molar-refractivity contribution in [1.82, 2.24) is 0 Å². The van der Waals surface area contributed by atoms with E-state index in [2.05, 4.69) is 27.4 Å². The summed E-state index contributed by atoms with van der Waals surface area (Å²) in [5, 5.41) is 0. The Kier molecular flexibility index (Phi) is 5.23. The van der Waals surface area contributed by atoms with Crippen LogP contribution in [0.25, 0.3) is 0 Å². The van der Waals surface area contributed by atoms with Gasteiger partial charge in [-0.15, -0.1) is 6.58 Å². The standard InChI is InChI=1S/C11H23N/c1-5-11(4,9-12)8-6-7-10(2)3/h5,10H,1,6-9,12H2,2-4H3. The third-order valence-electron chi connectivity index (χ3n) is 2.49. The fraction of sp³-hybridized carbons (Fsp3) is 0.818. The predicted molar refractivity (Wildman–Crippen MR) is 56.0 cm³/mol. The van der Waals surface area contributed by atoms with Crippen LogP contribution in [0.3, 0.4) is 0 Å². The Morgan fingerprint density at radius 1 is 1.50 bits per heavy atom. The maximum atomic E-state index is 5.66. The SMILES string of the molecule is C=CC(C)(CN)CCCC(C)C. The average Bonchev–Trinajstić information content (AvgIpc) is 2.03. The van der Waals surface area contributed by atoms with Gasteiger partial charge in [-0.25, -0.2) is 0 Å². The Hall–Kier alpha value is -0.300. The van der Waals surface area contributed by atoms with Gasteiger partial charge in [-0.2, -0.15) is 0 Å². The molecule has 0 bridgehead atoms. The fourth-order valence-corrected chi connectivity index (χ4v) is 1.20. The molecule has 0 amide bonds. The molecular formula is C11H23N. The fourth-order valence-electron chi connectivity index (χ4n) is 1.20. The van der Waals surface area contributed by atoms with Gasteiger partial charge < -0.3 is 5.73 Å². The summed E-state index contributed by atoms with van der Waals surface area (Å²) in [5.41, 5.74) is 5.82. The summed E-state index contributed by atoms with van der Waals surface area (Å²) in [5.74, 6) is 0.803. The third-order valence-corrected chi connectivity index (χ3v) is 2.49. The average molecular weight is 169 g/mol. The number of rotatable bonds is 6. The van der Waals surface area contributed by atoms with Crippen LogP contribution in [0.15, 0.2) is 12.7 Å². The Morgan fingerprint density at radius 2 is 2.08 bits per heavy atom. The summed E-state index contributed by atoms with van der Waals surface area (Å²) >= 11 is 0. The van der Waals surface area contributed by atoms with Gasteiger partial charge in [0, 0.05) is 6.54 Å². The van der Waals surface area contributed by atoms with Crippen LogP contribution in [0.2, 0.25) is 0 Å². The highest BCUT2D eigenvalue weighted by atomic mass is 14.6. The van der Waals surface area contributed by atoms with Crippen LogP contribution in [-0.4, -0.2) is 6.54 Å². The van der Waals surface area contributed by atoms with Crippen molar-refractivity contribution in [3.63, 3.8) is 0 Å². The smallest absolute Gasteiger partial charge is 0.00114 e. The zero-order chi connectivity index (χ0) is 9.61. The first-order chi connectivity index (χ1) is 5.54. The predicted octanol–water partition coefficient (Wildman–Crippen LogP) is 2.96. The summed E-state index contributed by atoms with van der Waals surface area (Å²) in [7, 11) is 0. The Balaban J connectivity index is 3.66. The molecule has 0 aliphatic heterocycles. The highest BCUT2D eigenvalue weighted by Gasteiger charge is 2.16. The van der Waals surface area contributed by atoms with Gasteiger partial charge >= 0.3 is 0 Å². The lowest BCUT2D eigenvalue weighted by Crippen LogP contribution is -2.24. The molecular weight excluding hydrogens is 146 g/mol. The molecule has 0 heterocycles. The molecule has 0 spiro atoms. The van der Waals surface area contributed by atoms with Gasteiger partial charge in [0.25, 0.3) is 0 Å². The second kappa shape index (κ2) is 5.36. The van der Waals surface area contributed by atoms with Gasteiger partial charge in [-0.3, -0.25) is 0 Å². The van der Waals surface area contributed by atoms with Crippen molar-refractivity contribution in [2.45, 2.75) is 40.0 Å². The zero-order valence-corrected chi connectivity index (χ0v) is 8.77. The second-order valence-electron chi connectivity index (χ2n) is 4.35. The van der Waals surface area contributed by atoms with Crippen LogP contribution in [0, 0.1) is 11.3 Å². The van der Waals surface area contributed by atoms with E-state index in [0.29, 0.717) is 6.54 Å². The normalized spacial score (nSPS) is 16.1. The summed E-state index contributed by atoms with van der Waals surface area (Å²) in [6.07, 6.45) is 5.72. The van der Waals surface area contributed by atoms with E-state index in [9.17, 15) is 0 Å². The molecule has 0 aromatic rings. The van der Waals surface area contributed by atoms with Gasteiger partial charge in [-0.05, 0) is 17.8 Å². The van der Waals surface area contributed by atoms with E-state index in [4.69, 9.17) is 5.73 Å². The minimum atomic E-state index is 0.162. The van der Waals surface area contributed by atoms with E-state index in [1.165, 1.54) is 19.3 Å². The van der Waals surface area contributed by atoms with E-state index < -0.39 is 0 Å². The molecule has 2 N–H and O–H groups in total. The van der Waals surface area contributed by atoms with Gasteiger partial charge in [0.1, 0.15) is 0 Å². The van der Waals surface area contributed by atoms with Gasteiger partial charge in [0.2, 0.25) is 0 Å². The molecule has 0 rings (SSSR count). The molecule has 0 aromatic heterocycles. The molecule has 0 aliphatic carbocycles. The van der Waals surface area contributed by atoms with Gasteiger partial charge in [0.05, 0.1) is 0 Å². The molecule has 1 atom stereocenters. The van der Waals surface area contributed by atoms with Crippen LogP contribution >= 0.6 is 0 Å². The van der Waals surface area contributed by atoms with Crippen LogP contribution in [0.1, 0.15) is 40.0 Å². The number of hydrogen-bond donors (Lipinski definition) is 1. The highest BCUT2D eigenvalue weighted by Crippen LogP contribution is 2.24. The van der Waals surface area contributed by atoms with Gasteiger partial charge in [0.15, 0.2) is 0 Å². The molecule has 0 aromatic carbocycles. The van der Waals surface area contributed by atoms with Crippen LogP contribution in [0.5, 0.6) is 0 Å². The van der Waals surface area contributed by atoms with E-state index >= 15 is 0 Å². The molecule has 72 valence electrons. The topological polar surface area (TPSA) is 26.0 Å². The number of nitrogens with two attached hydrogens (primary N) is 1. The van der Waals surface area contributed by atoms with E-state index in [1.54, 1.807) is 0 Å². The molecule has 0 aliphatic rings. The van der Waals surface area contributed by atoms with Crippen molar-refractivity contribution in [3.8, 4) is 0 Å². The first-order valence-electron chi connectivity index (χ1n) is 4.88. The minimum absolute atomic E-state index is 0.162. The van der Waals surface area contributed by atoms with Gasteiger partial charge in [-0.1, -0.05) is 39.7 Å². The molecule has 1 heteroatoms. The van der Waals surface area contributed by atoms with Crippen molar-refractivity contribution >= 4 is 0 Å². The molecule has 0 fully saturated rings. The third kappa shape index (κ3) is 4.55. The zero-order valence-electron chi connectivity index (χ0n) is 8.77. The lowest BCUT2D eigenvalue weighted by atomic mass is 9.84. The van der Waals surface area contributed by atoms with Crippen LogP contribution in [0.4, 0.5) is 0 Å². The van der Waals surface area contributed by atoms with Crippen LogP contribution in [-0.2, 0) is 0 Å². The van der Waals surface area contributed by atoms with E-state index in [0.717, 1.165) is 5.92 Å². The Bertz CT molecular complexity index is 129. The molecule has 0 radical (unpaired) electrons. The van der Waals surface area contributed by atoms with E-state index in [1.807, 2.05) is 6.08 Å². The van der Waals surface area contributed by atoms with Crippen molar-refractivity contribution in [2.75, 3.05) is 6.54 Å². The highest BCUT2D eigenvalue weighted by molar-refractivity contribution is 4.91. The Labute approximate surface area is 77.0 Å². The molecule has 1 unspecified atom stereocenters. The van der Waals surface area contributed by atoms with Crippen LogP contribution < -0.4 is 5.73 Å². The maximum absolute atomic E-state index is 5.66. The summed E-state index contributed by atoms with van der Waals surface area (Å²) in [6, 6.07) is 0. The maximum Gasteiger partial charge on any atom is 0.00114 e. The van der Waals surface area contributed by atoms with Crippen molar-refractivity contribution < 1.29 is 0 Å². The summed E-state index contributed by atoms with van der Waals surface area (Å²) < 4.78 is 0. The largest absolute Gasteiger partial charge is 0.330 e. The molecule has 1 nitrogen and oxygen atoms in total. The van der Waals surface area contributed by atoms with Crippen molar-refractivity contribution in [3.05, 3.63) is 12.7 Å². The van der Waals surface area contributed by atoms with Crippen molar-refractivity contribution in [2.24, 2.45) is 17.1 Å². The molecule has 0 saturated heterocycles.